The molecule has 1 atom stereocenters. The van der Waals surface area contributed by atoms with E-state index in [9.17, 15) is 9.90 Å². The molecule has 2 aromatic heterocycles. The summed E-state index contributed by atoms with van der Waals surface area (Å²) >= 11 is 1.37. The van der Waals surface area contributed by atoms with E-state index >= 15 is 0 Å². The molecule has 0 aliphatic carbocycles. The number of nitrogen functional groups attached to an aromatic ring is 1. The van der Waals surface area contributed by atoms with Gasteiger partial charge in [0, 0.05) is 19.3 Å². The van der Waals surface area contributed by atoms with Crippen LogP contribution in [0.2, 0.25) is 0 Å². The molecule has 5 nitrogen and oxygen atoms in total. The number of thiophene rings is 1. The number of likely N-dealkylation sites (tertiary alicyclic amines) is 1. The Morgan fingerprint density at radius 2 is 2.42 bits per heavy atom. The lowest BCUT2D eigenvalue weighted by Crippen LogP contribution is -2.42. The first-order valence-corrected chi connectivity index (χ1v) is 7.09. The Bertz CT molecular complexity index is 625. The van der Waals surface area contributed by atoms with Gasteiger partial charge in [-0.15, -0.1) is 11.3 Å². The molecule has 1 aliphatic rings. The molecule has 100 valence electrons. The van der Waals surface area contributed by atoms with E-state index in [-0.39, 0.29) is 5.91 Å². The number of amides is 1. The molecule has 2 aromatic rings. The van der Waals surface area contributed by atoms with Crippen molar-refractivity contribution >= 4 is 33.1 Å². The van der Waals surface area contributed by atoms with Crippen LogP contribution in [0.15, 0.2) is 18.3 Å². The molecule has 0 saturated carbocycles. The van der Waals surface area contributed by atoms with Crippen LogP contribution in [-0.4, -0.2) is 40.1 Å². The van der Waals surface area contributed by atoms with Crippen molar-refractivity contribution < 1.29 is 9.90 Å². The number of nitrogens with zero attached hydrogens (tertiary/aromatic N) is 2. The van der Waals surface area contributed by atoms with Crippen molar-refractivity contribution in [2.45, 2.75) is 18.9 Å². The highest BCUT2D eigenvalue weighted by molar-refractivity contribution is 7.21. The third-order valence-corrected chi connectivity index (χ3v) is 4.51. The van der Waals surface area contributed by atoms with Crippen LogP contribution >= 0.6 is 11.3 Å². The maximum absolute atomic E-state index is 12.5. The Kier molecular flexibility index (Phi) is 3.12. The average molecular weight is 277 g/mol. The van der Waals surface area contributed by atoms with Gasteiger partial charge < -0.3 is 15.7 Å². The molecule has 0 aromatic carbocycles. The van der Waals surface area contributed by atoms with Crippen LogP contribution in [-0.2, 0) is 0 Å². The number of aliphatic hydroxyl groups is 1. The molecular formula is C13H15N3O2S. The zero-order valence-corrected chi connectivity index (χ0v) is 11.2. The predicted molar refractivity (Wildman–Crippen MR) is 75.2 cm³/mol. The summed E-state index contributed by atoms with van der Waals surface area (Å²) in [4.78, 5) is 18.9. The number of piperidine rings is 1. The Morgan fingerprint density at radius 1 is 1.58 bits per heavy atom. The van der Waals surface area contributed by atoms with Gasteiger partial charge in [0.15, 0.2) is 0 Å². The highest BCUT2D eigenvalue weighted by Crippen LogP contribution is 2.33. The number of hydrogen-bond donors (Lipinski definition) is 2. The molecule has 1 unspecified atom stereocenters. The standard InChI is InChI=1S/C13H15N3O2S/c14-10-11-9(4-1-5-15-11)19-12(10)13(18)16-6-2-3-8(17)7-16/h1,4-5,8,17H,2-3,6-7,14H2. The largest absolute Gasteiger partial charge is 0.396 e. The maximum Gasteiger partial charge on any atom is 0.266 e. The highest BCUT2D eigenvalue weighted by Gasteiger charge is 2.26. The van der Waals surface area contributed by atoms with Gasteiger partial charge in [-0.2, -0.15) is 0 Å². The van der Waals surface area contributed by atoms with Crippen LogP contribution in [0.25, 0.3) is 10.2 Å². The molecule has 1 aliphatic heterocycles. The quantitative estimate of drug-likeness (QED) is 0.827. The fourth-order valence-electron chi connectivity index (χ4n) is 2.39. The molecule has 1 saturated heterocycles. The molecule has 0 radical (unpaired) electrons. The third kappa shape index (κ3) is 2.17. The second-order valence-electron chi connectivity index (χ2n) is 4.74. The molecule has 0 bridgehead atoms. The van der Waals surface area contributed by atoms with Gasteiger partial charge in [-0.25, -0.2) is 0 Å². The molecule has 0 spiro atoms. The number of fused-ring (bicyclic) bond motifs is 1. The van der Waals surface area contributed by atoms with Gasteiger partial charge in [0.2, 0.25) is 0 Å². The van der Waals surface area contributed by atoms with Crippen LogP contribution in [0, 0.1) is 0 Å². The lowest BCUT2D eigenvalue weighted by atomic mass is 10.1. The summed E-state index contributed by atoms with van der Waals surface area (Å²) < 4.78 is 0.918. The van der Waals surface area contributed by atoms with Gasteiger partial charge in [-0.3, -0.25) is 9.78 Å². The minimum atomic E-state index is -0.425. The van der Waals surface area contributed by atoms with Crippen LogP contribution in [0.1, 0.15) is 22.5 Å². The number of aromatic nitrogens is 1. The Morgan fingerprint density at radius 3 is 3.16 bits per heavy atom. The lowest BCUT2D eigenvalue weighted by Gasteiger charge is -2.29. The summed E-state index contributed by atoms with van der Waals surface area (Å²) in [5.74, 6) is -0.0979. The van der Waals surface area contributed by atoms with Gasteiger partial charge in [0.25, 0.3) is 5.91 Å². The van der Waals surface area contributed by atoms with Gasteiger partial charge >= 0.3 is 0 Å². The zero-order valence-electron chi connectivity index (χ0n) is 10.4. The van der Waals surface area contributed by atoms with Crippen molar-refractivity contribution in [2.75, 3.05) is 18.8 Å². The molecule has 3 heterocycles. The molecule has 6 heteroatoms. The van der Waals surface area contributed by atoms with Gasteiger partial charge in [0.05, 0.1) is 16.5 Å². The van der Waals surface area contributed by atoms with Crippen molar-refractivity contribution in [3.05, 3.63) is 23.2 Å². The van der Waals surface area contributed by atoms with Crippen molar-refractivity contribution in [1.82, 2.24) is 9.88 Å². The van der Waals surface area contributed by atoms with Crippen molar-refractivity contribution in [3.8, 4) is 0 Å². The number of rotatable bonds is 1. The van der Waals surface area contributed by atoms with E-state index in [4.69, 9.17) is 5.73 Å². The SMILES string of the molecule is Nc1c(C(=O)N2CCCC(O)C2)sc2cccnc12. The number of aliphatic hydroxyl groups excluding tert-OH is 1. The number of carbonyl (C=O) groups excluding carboxylic acids is 1. The fourth-order valence-corrected chi connectivity index (χ4v) is 3.44. The van der Waals surface area contributed by atoms with E-state index in [0.717, 1.165) is 17.5 Å². The zero-order chi connectivity index (χ0) is 13.4. The van der Waals surface area contributed by atoms with Crippen molar-refractivity contribution in [2.24, 2.45) is 0 Å². The second kappa shape index (κ2) is 4.79. The first-order valence-electron chi connectivity index (χ1n) is 6.27. The number of carbonyl (C=O) groups is 1. The number of β-amino-alcohol motifs (C(OH)–C–C–N with tert-alkyl or cyclic N) is 1. The molecule has 19 heavy (non-hydrogen) atoms. The summed E-state index contributed by atoms with van der Waals surface area (Å²) in [5.41, 5.74) is 7.16. The average Bonchev–Trinajstić information content (AvgIpc) is 2.76. The normalized spacial score (nSPS) is 19.8. The van der Waals surface area contributed by atoms with Crippen LogP contribution in [0.3, 0.4) is 0 Å². The Balaban J connectivity index is 1.95. The van der Waals surface area contributed by atoms with Crippen LogP contribution in [0.5, 0.6) is 0 Å². The number of pyridine rings is 1. The van der Waals surface area contributed by atoms with Crippen molar-refractivity contribution in [1.29, 1.82) is 0 Å². The number of anilines is 1. The smallest absolute Gasteiger partial charge is 0.266 e. The Labute approximate surface area is 114 Å². The van der Waals surface area contributed by atoms with E-state index in [1.54, 1.807) is 11.1 Å². The first-order chi connectivity index (χ1) is 9.16. The monoisotopic (exact) mass is 277 g/mol. The summed E-state index contributed by atoms with van der Waals surface area (Å²) in [6.45, 7) is 1.07. The minimum absolute atomic E-state index is 0.0979. The van der Waals surface area contributed by atoms with Crippen LogP contribution < -0.4 is 5.73 Å². The van der Waals surface area contributed by atoms with Gasteiger partial charge in [-0.1, -0.05) is 0 Å². The Hall–Kier alpha value is -1.66. The predicted octanol–water partition coefficient (Wildman–Crippen LogP) is 1.48. The van der Waals surface area contributed by atoms with E-state index in [2.05, 4.69) is 4.98 Å². The van der Waals surface area contributed by atoms with E-state index in [0.29, 0.717) is 29.2 Å². The minimum Gasteiger partial charge on any atom is -0.396 e. The summed E-state index contributed by atoms with van der Waals surface area (Å²) in [6.07, 6.45) is 2.83. The summed E-state index contributed by atoms with van der Waals surface area (Å²) in [5, 5.41) is 9.65. The van der Waals surface area contributed by atoms with Crippen molar-refractivity contribution in [3.63, 3.8) is 0 Å². The maximum atomic E-state index is 12.5. The molecule has 3 rings (SSSR count). The summed E-state index contributed by atoms with van der Waals surface area (Å²) in [6, 6.07) is 3.74. The molecule has 1 amide bonds. The van der Waals surface area contributed by atoms with Crippen LogP contribution in [0.4, 0.5) is 5.69 Å². The first kappa shape index (κ1) is 12.4. The number of hydrogen-bond acceptors (Lipinski definition) is 5. The molecular weight excluding hydrogens is 262 g/mol. The molecule has 3 N–H and O–H groups in total. The fraction of sp³-hybridized carbons (Fsp3) is 0.385. The van der Waals surface area contributed by atoms with E-state index in [1.807, 2.05) is 12.1 Å². The van der Waals surface area contributed by atoms with Gasteiger partial charge in [-0.05, 0) is 25.0 Å². The summed E-state index contributed by atoms with van der Waals surface area (Å²) in [7, 11) is 0. The topological polar surface area (TPSA) is 79.5 Å². The third-order valence-electron chi connectivity index (χ3n) is 3.36. The highest BCUT2D eigenvalue weighted by atomic mass is 32.1. The lowest BCUT2D eigenvalue weighted by molar-refractivity contribution is 0.0478. The van der Waals surface area contributed by atoms with Gasteiger partial charge in [0.1, 0.15) is 10.4 Å². The molecule has 1 fully saturated rings. The number of nitrogens with two attached hydrogens (primary N) is 1. The second-order valence-corrected chi connectivity index (χ2v) is 5.79. The van der Waals surface area contributed by atoms with E-state index in [1.165, 1.54) is 11.3 Å². The van der Waals surface area contributed by atoms with E-state index < -0.39 is 6.10 Å².